The van der Waals surface area contributed by atoms with E-state index in [0.29, 0.717) is 5.69 Å². The lowest BCUT2D eigenvalue weighted by Crippen LogP contribution is -2.34. The first-order chi connectivity index (χ1) is 13.4. The summed E-state index contributed by atoms with van der Waals surface area (Å²) in [6, 6.07) is 13.5. The lowest BCUT2D eigenvalue weighted by Gasteiger charge is -2.21. The van der Waals surface area contributed by atoms with E-state index in [4.69, 9.17) is 0 Å². The molecular weight excluding hydrogens is 422 g/mol. The Bertz CT molecular complexity index is 901. The highest BCUT2D eigenvalue weighted by molar-refractivity contribution is 9.10. The summed E-state index contributed by atoms with van der Waals surface area (Å²) >= 11 is 3.42. The van der Waals surface area contributed by atoms with Gasteiger partial charge in [-0.25, -0.2) is 4.79 Å². The van der Waals surface area contributed by atoms with E-state index in [9.17, 15) is 14.4 Å². The summed E-state index contributed by atoms with van der Waals surface area (Å²) in [5, 5.41) is 5.51. The molecule has 1 saturated heterocycles. The summed E-state index contributed by atoms with van der Waals surface area (Å²) in [6.45, 7) is 3.76. The molecule has 28 heavy (non-hydrogen) atoms. The summed E-state index contributed by atoms with van der Waals surface area (Å²) in [5.74, 6) is -0.494. The van der Waals surface area contributed by atoms with Crippen LogP contribution in [0.4, 0.5) is 10.5 Å². The number of nitrogens with one attached hydrogen (secondary N) is 2. The van der Waals surface area contributed by atoms with Crippen LogP contribution in [0.2, 0.25) is 0 Å². The summed E-state index contributed by atoms with van der Waals surface area (Å²) in [6.07, 6.45) is 0.392. The largest absolute Gasteiger partial charge is 0.326 e. The van der Waals surface area contributed by atoms with Gasteiger partial charge < -0.3 is 10.6 Å². The molecule has 2 atom stereocenters. The number of carbonyl (C=O) groups excluding carboxylic acids is 3. The number of rotatable bonds is 6. The van der Waals surface area contributed by atoms with Gasteiger partial charge in [0.25, 0.3) is 5.91 Å². The van der Waals surface area contributed by atoms with E-state index in [-0.39, 0.29) is 30.7 Å². The lowest BCUT2D eigenvalue weighted by atomic mass is 10.1. The molecule has 6 nitrogen and oxygen atoms in total. The van der Waals surface area contributed by atoms with Gasteiger partial charge >= 0.3 is 6.03 Å². The Morgan fingerprint density at radius 2 is 1.93 bits per heavy atom. The number of urea groups is 1. The van der Waals surface area contributed by atoms with Crippen LogP contribution in [-0.4, -0.2) is 28.8 Å². The molecule has 0 aliphatic carbocycles. The van der Waals surface area contributed by atoms with E-state index in [2.05, 4.69) is 26.6 Å². The molecule has 1 fully saturated rings. The predicted octanol–water partition coefficient (Wildman–Crippen LogP) is 4.16. The van der Waals surface area contributed by atoms with Crippen LogP contribution >= 0.6 is 15.9 Å². The van der Waals surface area contributed by atoms with Crippen LogP contribution in [0.1, 0.15) is 36.9 Å². The quantitative estimate of drug-likeness (QED) is 0.657. The molecule has 0 bridgehead atoms. The topological polar surface area (TPSA) is 78.5 Å². The molecule has 146 valence electrons. The van der Waals surface area contributed by atoms with Gasteiger partial charge in [0.1, 0.15) is 6.04 Å². The van der Waals surface area contributed by atoms with Gasteiger partial charge in [-0.2, -0.15) is 0 Å². The number of imide groups is 1. The molecule has 4 amide bonds. The van der Waals surface area contributed by atoms with Crippen LogP contribution in [0.15, 0.2) is 53.0 Å². The van der Waals surface area contributed by atoms with E-state index >= 15 is 0 Å². The Kier molecular flexibility index (Phi) is 6.14. The maximum atomic E-state index is 12.7. The molecule has 1 aliphatic rings. The van der Waals surface area contributed by atoms with Crippen molar-refractivity contribution in [3.8, 4) is 0 Å². The number of carbonyl (C=O) groups is 3. The number of hydrogen-bond acceptors (Lipinski definition) is 3. The monoisotopic (exact) mass is 443 g/mol. The Morgan fingerprint density at radius 3 is 2.61 bits per heavy atom. The van der Waals surface area contributed by atoms with Crippen molar-refractivity contribution < 1.29 is 14.4 Å². The summed E-state index contributed by atoms with van der Waals surface area (Å²) in [5.41, 5.74) is 2.60. The van der Waals surface area contributed by atoms with Crippen LogP contribution in [0, 0.1) is 6.92 Å². The minimum atomic E-state index is -0.684. The Balaban J connectivity index is 1.58. The van der Waals surface area contributed by atoms with Crippen LogP contribution in [0.25, 0.3) is 0 Å². The molecule has 1 aliphatic heterocycles. The van der Waals surface area contributed by atoms with Crippen molar-refractivity contribution in [1.82, 2.24) is 10.2 Å². The predicted molar refractivity (Wildman–Crippen MR) is 111 cm³/mol. The highest BCUT2D eigenvalue weighted by Gasteiger charge is 2.40. The Labute approximate surface area is 172 Å². The Morgan fingerprint density at radius 1 is 1.21 bits per heavy atom. The first-order valence-electron chi connectivity index (χ1n) is 9.11. The van der Waals surface area contributed by atoms with Gasteiger partial charge in [0, 0.05) is 16.6 Å². The highest BCUT2D eigenvalue weighted by Crippen LogP contribution is 2.25. The maximum absolute atomic E-state index is 12.7. The summed E-state index contributed by atoms with van der Waals surface area (Å²) in [4.78, 5) is 38.5. The fraction of sp³-hybridized carbons (Fsp3) is 0.286. The number of amides is 4. The number of anilines is 1. The molecule has 7 heteroatoms. The molecule has 2 N–H and O–H groups in total. The van der Waals surface area contributed by atoms with Crippen molar-refractivity contribution in [2.75, 3.05) is 5.32 Å². The smallest absolute Gasteiger partial charge is 0.325 e. The zero-order chi connectivity index (χ0) is 20.3. The van der Waals surface area contributed by atoms with Gasteiger partial charge in [0.15, 0.2) is 0 Å². The van der Waals surface area contributed by atoms with Crippen molar-refractivity contribution >= 4 is 39.5 Å². The third kappa shape index (κ3) is 4.42. The standard InChI is InChI=1S/C21H22BrN3O3/c1-13-12-16(8-9-17(13)22)23-19(26)11-10-18-20(27)25(21(28)24-18)14(2)15-6-4-3-5-7-15/h3-9,12,14,18H,10-11H2,1-2H3,(H,23,26)(H,24,28)/t14-,18-/m0/s1. The maximum Gasteiger partial charge on any atom is 0.325 e. The zero-order valence-electron chi connectivity index (χ0n) is 15.7. The van der Waals surface area contributed by atoms with Crippen molar-refractivity contribution in [1.29, 1.82) is 0 Å². The van der Waals surface area contributed by atoms with Crippen molar-refractivity contribution in [2.24, 2.45) is 0 Å². The van der Waals surface area contributed by atoms with Gasteiger partial charge in [0.05, 0.1) is 6.04 Å². The van der Waals surface area contributed by atoms with E-state index < -0.39 is 12.1 Å². The molecule has 0 radical (unpaired) electrons. The zero-order valence-corrected chi connectivity index (χ0v) is 17.3. The number of benzene rings is 2. The van der Waals surface area contributed by atoms with E-state index in [1.807, 2.05) is 56.3 Å². The minimum absolute atomic E-state index is 0.138. The normalized spacial score (nSPS) is 17.4. The van der Waals surface area contributed by atoms with Gasteiger partial charge in [-0.15, -0.1) is 0 Å². The summed E-state index contributed by atoms with van der Waals surface area (Å²) in [7, 11) is 0. The van der Waals surface area contributed by atoms with Crippen molar-refractivity contribution in [2.45, 2.75) is 38.8 Å². The molecular formula is C21H22BrN3O3. The average Bonchev–Trinajstić information content (AvgIpc) is 2.96. The number of aryl methyl sites for hydroxylation is 1. The SMILES string of the molecule is Cc1cc(NC(=O)CC[C@@H]2NC(=O)N([C@@H](C)c3ccccc3)C2=O)ccc1Br. The van der Waals surface area contributed by atoms with E-state index in [0.717, 1.165) is 15.6 Å². The van der Waals surface area contributed by atoms with Crippen LogP contribution in [0.5, 0.6) is 0 Å². The third-order valence-electron chi connectivity index (χ3n) is 4.82. The van der Waals surface area contributed by atoms with Crippen molar-refractivity contribution in [3.05, 3.63) is 64.1 Å². The first-order valence-corrected chi connectivity index (χ1v) is 9.90. The number of hydrogen-bond donors (Lipinski definition) is 2. The van der Waals surface area contributed by atoms with Gasteiger partial charge in [-0.05, 0) is 49.6 Å². The van der Waals surface area contributed by atoms with Gasteiger partial charge in [0.2, 0.25) is 5.91 Å². The second-order valence-corrected chi connectivity index (χ2v) is 7.70. The average molecular weight is 444 g/mol. The van der Waals surface area contributed by atoms with Crippen LogP contribution in [-0.2, 0) is 9.59 Å². The molecule has 1 heterocycles. The van der Waals surface area contributed by atoms with Gasteiger partial charge in [-0.3, -0.25) is 14.5 Å². The second kappa shape index (κ2) is 8.56. The molecule has 0 unspecified atom stereocenters. The van der Waals surface area contributed by atoms with E-state index in [1.54, 1.807) is 6.07 Å². The van der Waals surface area contributed by atoms with Crippen LogP contribution < -0.4 is 10.6 Å². The fourth-order valence-electron chi connectivity index (χ4n) is 3.21. The number of halogens is 1. The molecule has 0 saturated carbocycles. The molecule has 3 rings (SSSR count). The highest BCUT2D eigenvalue weighted by atomic mass is 79.9. The lowest BCUT2D eigenvalue weighted by molar-refractivity contribution is -0.129. The molecule has 2 aromatic carbocycles. The second-order valence-electron chi connectivity index (χ2n) is 6.85. The van der Waals surface area contributed by atoms with Crippen LogP contribution in [0.3, 0.4) is 0 Å². The third-order valence-corrected chi connectivity index (χ3v) is 5.71. The molecule has 0 aromatic heterocycles. The molecule has 2 aromatic rings. The summed E-state index contributed by atoms with van der Waals surface area (Å²) < 4.78 is 0.970. The minimum Gasteiger partial charge on any atom is -0.326 e. The van der Waals surface area contributed by atoms with E-state index in [1.165, 1.54) is 4.90 Å². The first kappa shape index (κ1) is 20.1. The number of nitrogens with zero attached hydrogens (tertiary/aromatic N) is 1. The fourth-order valence-corrected chi connectivity index (χ4v) is 3.46. The molecule has 0 spiro atoms. The Hall–Kier alpha value is -2.67. The van der Waals surface area contributed by atoms with Gasteiger partial charge in [-0.1, -0.05) is 46.3 Å². The van der Waals surface area contributed by atoms with Crippen molar-refractivity contribution in [3.63, 3.8) is 0 Å².